The third-order valence-electron chi connectivity index (χ3n) is 10.3. The Morgan fingerprint density at radius 2 is 0.674 bits per heavy atom. The van der Waals surface area contributed by atoms with Gasteiger partial charge in [0.15, 0.2) is 0 Å². The quantitative estimate of drug-likeness (QED) is 0.0733. The van der Waals surface area contributed by atoms with Crippen molar-refractivity contribution in [3.8, 4) is 0 Å². The monoisotopic (exact) mass is 641 g/mol. The van der Waals surface area contributed by atoms with Crippen molar-refractivity contribution in [3.05, 3.63) is 35.4 Å². The van der Waals surface area contributed by atoms with Gasteiger partial charge in [0.25, 0.3) is 0 Å². The van der Waals surface area contributed by atoms with Crippen molar-refractivity contribution in [3.63, 3.8) is 0 Å². The number of hydrogen-bond acceptors (Lipinski definition) is 2. The molecule has 0 unspecified atom stereocenters. The van der Waals surface area contributed by atoms with E-state index in [1.165, 1.54) is 230 Å². The smallest absolute Gasteiger partial charge is 0.0233 e. The summed E-state index contributed by atoms with van der Waals surface area (Å²) in [6.45, 7) is 8.86. The van der Waals surface area contributed by atoms with Crippen molar-refractivity contribution in [2.45, 2.75) is 232 Å². The lowest BCUT2D eigenvalue weighted by Gasteiger charge is -2.23. The molecule has 0 aliphatic rings. The number of unbranched alkanes of at least 4 members (excludes halogenated alkanes) is 30. The fraction of sp³-hybridized carbons (Fsp3) is 0.864. The fourth-order valence-electron chi connectivity index (χ4n) is 7.15. The highest BCUT2D eigenvalue weighted by Crippen LogP contribution is 2.17. The van der Waals surface area contributed by atoms with E-state index in [0.717, 1.165) is 6.54 Å². The lowest BCUT2D eigenvalue weighted by atomic mass is 10.0. The maximum absolute atomic E-state index is 5.94. The molecule has 2 heteroatoms. The standard InChI is InChI=1S/C44H84N2/c1-3-5-7-9-11-13-15-17-19-21-23-25-27-29-31-33-38-46(42-44-37-35-36-43(40-44)41-45)39-34-32-30-28-26-24-22-20-18-16-14-12-10-8-6-4-2/h35-37,40H,3-34,38-39,41-42,45H2,1-2H3. The van der Waals surface area contributed by atoms with Crippen LogP contribution in [-0.4, -0.2) is 18.0 Å². The molecular weight excluding hydrogens is 556 g/mol. The largest absolute Gasteiger partial charge is 0.326 e. The van der Waals surface area contributed by atoms with Crippen LogP contribution in [0.1, 0.15) is 230 Å². The zero-order chi connectivity index (χ0) is 33.0. The van der Waals surface area contributed by atoms with E-state index in [0.29, 0.717) is 6.54 Å². The molecule has 0 heterocycles. The van der Waals surface area contributed by atoms with Crippen molar-refractivity contribution in [1.29, 1.82) is 0 Å². The lowest BCUT2D eigenvalue weighted by molar-refractivity contribution is 0.252. The predicted molar refractivity (Wildman–Crippen MR) is 209 cm³/mol. The Morgan fingerprint density at radius 3 is 0.978 bits per heavy atom. The van der Waals surface area contributed by atoms with Gasteiger partial charge < -0.3 is 5.73 Å². The van der Waals surface area contributed by atoms with Gasteiger partial charge in [0.05, 0.1) is 0 Å². The zero-order valence-electron chi connectivity index (χ0n) is 31.8. The highest BCUT2D eigenvalue weighted by Gasteiger charge is 2.07. The Bertz CT molecular complexity index is 680. The van der Waals surface area contributed by atoms with Gasteiger partial charge in [0.2, 0.25) is 0 Å². The van der Waals surface area contributed by atoms with Crippen molar-refractivity contribution < 1.29 is 0 Å². The normalized spacial score (nSPS) is 11.7. The summed E-state index contributed by atoms with van der Waals surface area (Å²) in [4.78, 5) is 2.74. The van der Waals surface area contributed by atoms with Crippen LogP contribution in [0.15, 0.2) is 24.3 Å². The second kappa shape index (κ2) is 35.4. The Labute approximate surface area is 290 Å². The maximum Gasteiger partial charge on any atom is 0.0233 e. The molecule has 0 aliphatic carbocycles. The molecule has 2 nitrogen and oxygen atoms in total. The van der Waals surface area contributed by atoms with E-state index in [1.54, 1.807) is 0 Å². The Balaban J connectivity index is 2.08. The number of hydrogen-bond donors (Lipinski definition) is 1. The maximum atomic E-state index is 5.94. The molecule has 0 bridgehead atoms. The van der Waals surface area contributed by atoms with Gasteiger partial charge in [0.1, 0.15) is 0 Å². The third kappa shape index (κ3) is 29.3. The van der Waals surface area contributed by atoms with Crippen LogP contribution < -0.4 is 5.73 Å². The van der Waals surface area contributed by atoms with Gasteiger partial charge in [-0.15, -0.1) is 0 Å². The Kier molecular flexibility index (Phi) is 33.3. The van der Waals surface area contributed by atoms with Crippen molar-refractivity contribution in [1.82, 2.24) is 4.90 Å². The van der Waals surface area contributed by atoms with Crippen molar-refractivity contribution >= 4 is 0 Å². The fourth-order valence-corrected chi connectivity index (χ4v) is 7.15. The molecule has 0 amide bonds. The molecule has 0 atom stereocenters. The van der Waals surface area contributed by atoms with Gasteiger partial charge >= 0.3 is 0 Å². The summed E-state index contributed by atoms with van der Waals surface area (Å²) in [5, 5.41) is 0. The van der Waals surface area contributed by atoms with E-state index >= 15 is 0 Å². The number of nitrogens with zero attached hydrogens (tertiary/aromatic N) is 1. The van der Waals surface area contributed by atoms with Gasteiger partial charge in [-0.25, -0.2) is 0 Å². The van der Waals surface area contributed by atoms with Crippen LogP contribution in [0.3, 0.4) is 0 Å². The summed E-state index contributed by atoms with van der Waals surface area (Å²) in [6, 6.07) is 8.99. The molecule has 0 saturated heterocycles. The number of nitrogens with two attached hydrogens (primary N) is 1. The van der Waals surface area contributed by atoms with E-state index in [1.807, 2.05) is 0 Å². The van der Waals surface area contributed by atoms with Gasteiger partial charge in [0, 0.05) is 13.1 Å². The van der Waals surface area contributed by atoms with Gasteiger partial charge in [-0.05, 0) is 37.1 Å². The molecule has 1 aromatic carbocycles. The van der Waals surface area contributed by atoms with Crippen LogP contribution in [0.25, 0.3) is 0 Å². The molecule has 0 aromatic heterocycles. The average molecular weight is 641 g/mol. The first-order chi connectivity index (χ1) is 22.8. The van der Waals surface area contributed by atoms with Crippen molar-refractivity contribution in [2.24, 2.45) is 5.73 Å². The van der Waals surface area contributed by atoms with E-state index < -0.39 is 0 Å². The van der Waals surface area contributed by atoms with E-state index in [-0.39, 0.29) is 0 Å². The summed E-state index contributed by atoms with van der Waals surface area (Å²) >= 11 is 0. The van der Waals surface area contributed by atoms with Crippen molar-refractivity contribution in [2.75, 3.05) is 13.1 Å². The van der Waals surface area contributed by atoms with E-state index in [4.69, 9.17) is 5.73 Å². The first-order valence-corrected chi connectivity index (χ1v) is 21.3. The second-order valence-electron chi connectivity index (χ2n) is 14.9. The summed E-state index contributed by atoms with van der Waals surface area (Å²) in [5.74, 6) is 0. The summed E-state index contributed by atoms with van der Waals surface area (Å²) in [5.41, 5.74) is 8.65. The minimum Gasteiger partial charge on any atom is -0.326 e. The zero-order valence-corrected chi connectivity index (χ0v) is 31.8. The first kappa shape index (κ1) is 43.2. The van der Waals surface area contributed by atoms with Crippen LogP contribution in [0.4, 0.5) is 0 Å². The number of benzene rings is 1. The molecule has 1 aromatic rings. The van der Waals surface area contributed by atoms with E-state index in [9.17, 15) is 0 Å². The molecule has 0 spiro atoms. The topological polar surface area (TPSA) is 29.3 Å². The predicted octanol–water partition coefficient (Wildman–Crippen LogP) is 14.5. The lowest BCUT2D eigenvalue weighted by Crippen LogP contribution is -2.25. The summed E-state index contributed by atoms with van der Waals surface area (Å²) < 4.78 is 0. The Hall–Kier alpha value is -0.860. The third-order valence-corrected chi connectivity index (χ3v) is 10.3. The summed E-state index contributed by atoms with van der Waals surface area (Å²) in [7, 11) is 0. The molecule has 0 radical (unpaired) electrons. The molecule has 0 fully saturated rings. The van der Waals surface area contributed by atoms with Gasteiger partial charge in [-0.3, -0.25) is 4.90 Å². The highest BCUT2D eigenvalue weighted by atomic mass is 15.1. The minimum absolute atomic E-state index is 0.645. The molecule has 46 heavy (non-hydrogen) atoms. The molecular formula is C44H84N2. The van der Waals surface area contributed by atoms with Crippen LogP contribution in [-0.2, 0) is 13.1 Å². The minimum atomic E-state index is 0.645. The molecule has 2 N–H and O–H groups in total. The summed E-state index contributed by atoms with van der Waals surface area (Å²) in [6.07, 6.45) is 46.1. The molecule has 0 aliphatic heterocycles. The van der Waals surface area contributed by atoms with Crippen LogP contribution >= 0.6 is 0 Å². The van der Waals surface area contributed by atoms with Crippen LogP contribution in [0, 0.1) is 0 Å². The second-order valence-corrected chi connectivity index (χ2v) is 14.9. The molecule has 0 saturated carbocycles. The Morgan fingerprint density at radius 1 is 0.391 bits per heavy atom. The van der Waals surface area contributed by atoms with Crippen LogP contribution in [0.5, 0.6) is 0 Å². The van der Waals surface area contributed by atoms with Gasteiger partial charge in [-0.2, -0.15) is 0 Å². The highest BCUT2D eigenvalue weighted by molar-refractivity contribution is 5.23. The number of rotatable bonds is 37. The molecule has 270 valence electrons. The van der Waals surface area contributed by atoms with Gasteiger partial charge in [-0.1, -0.05) is 231 Å². The SMILES string of the molecule is CCCCCCCCCCCCCCCCCCN(CCCCCCCCCCCCCCCCCC)Cc1cccc(CN)c1. The first-order valence-electron chi connectivity index (χ1n) is 21.3. The molecule has 1 rings (SSSR count). The van der Waals surface area contributed by atoms with E-state index in [2.05, 4.69) is 43.0 Å². The average Bonchev–Trinajstić information content (AvgIpc) is 3.07. The van der Waals surface area contributed by atoms with Crippen LogP contribution in [0.2, 0.25) is 0 Å².